The van der Waals surface area contributed by atoms with Gasteiger partial charge in [-0.1, -0.05) is 49.4 Å². The molecule has 7 nitrogen and oxygen atoms in total. The molecule has 0 aromatic heterocycles. The molecular weight excluding hydrogens is 426 g/mol. The summed E-state index contributed by atoms with van der Waals surface area (Å²) in [6, 6.07) is 13.9. The van der Waals surface area contributed by atoms with Crippen LogP contribution < -0.4 is 9.62 Å². The largest absolute Gasteiger partial charge is 0.354 e. The van der Waals surface area contributed by atoms with Crippen LogP contribution in [0.3, 0.4) is 0 Å². The molecule has 2 aromatic rings. The van der Waals surface area contributed by atoms with Crippen LogP contribution in [0.5, 0.6) is 0 Å². The zero-order chi connectivity index (χ0) is 23.9. The molecule has 0 heterocycles. The van der Waals surface area contributed by atoms with Crippen LogP contribution in [0.25, 0.3) is 0 Å². The van der Waals surface area contributed by atoms with Gasteiger partial charge < -0.3 is 10.2 Å². The zero-order valence-electron chi connectivity index (χ0n) is 19.5. The van der Waals surface area contributed by atoms with Gasteiger partial charge in [0, 0.05) is 13.1 Å². The van der Waals surface area contributed by atoms with Crippen molar-refractivity contribution in [1.29, 1.82) is 0 Å². The van der Waals surface area contributed by atoms with Crippen molar-refractivity contribution < 1.29 is 18.0 Å². The summed E-state index contributed by atoms with van der Waals surface area (Å²) in [5.74, 6) is -0.711. The van der Waals surface area contributed by atoms with Crippen LogP contribution in [0.1, 0.15) is 37.0 Å². The number of sulfonamides is 1. The molecule has 0 fully saturated rings. The number of para-hydroxylation sites is 1. The molecule has 174 valence electrons. The molecule has 2 rings (SSSR count). The van der Waals surface area contributed by atoms with E-state index in [1.807, 2.05) is 44.2 Å². The topological polar surface area (TPSA) is 86.8 Å². The fourth-order valence-electron chi connectivity index (χ4n) is 3.39. The van der Waals surface area contributed by atoms with Crippen LogP contribution in [-0.4, -0.2) is 50.5 Å². The van der Waals surface area contributed by atoms with Crippen molar-refractivity contribution in [2.24, 2.45) is 0 Å². The van der Waals surface area contributed by atoms with E-state index in [2.05, 4.69) is 5.32 Å². The SMILES string of the molecule is CCCNC(=O)[C@H](C)N(Cc1ccccc1C)C(=O)CN(c1ccccc1C)S(C)(=O)=O. The lowest BCUT2D eigenvalue weighted by Gasteiger charge is -2.32. The first kappa shape index (κ1) is 25.4. The fourth-order valence-corrected chi connectivity index (χ4v) is 4.29. The molecule has 0 aliphatic rings. The van der Waals surface area contributed by atoms with Gasteiger partial charge in [-0.25, -0.2) is 8.42 Å². The van der Waals surface area contributed by atoms with Crippen LogP contribution in [0, 0.1) is 13.8 Å². The van der Waals surface area contributed by atoms with E-state index in [9.17, 15) is 18.0 Å². The Kier molecular flexibility index (Phi) is 8.83. The Morgan fingerprint density at radius 2 is 1.59 bits per heavy atom. The van der Waals surface area contributed by atoms with Crippen molar-refractivity contribution in [2.75, 3.05) is 23.7 Å². The smallest absolute Gasteiger partial charge is 0.244 e. The first-order valence-corrected chi connectivity index (χ1v) is 12.6. The Hall–Kier alpha value is -2.87. The Morgan fingerprint density at radius 1 is 1.00 bits per heavy atom. The summed E-state index contributed by atoms with van der Waals surface area (Å²) in [5, 5.41) is 2.83. The third kappa shape index (κ3) is 6.56. The molecule has 0 unspecified atom stereocenters. The minimum absolute atomic E-state index is 0.206. The van der Waals surface area contributed by atoms with Gasteiger partial charge in [-0.3, -0.25) is 13.9 Å². The minimum atomic E-state index is -3.72. The van der Waals surface area contributed by atoms with Gasteiger partial charge in [-0.05, 0) is 49.9 Å². The van der Waals surface area contributed by atoms with E-state index in [0.29, 0.717) is 12.2 Å². The molecule has 0 saturated heterocycles. The molecule has 0 spiro atoms. The van der Waals surface area contributed by atoms with E-state index in [0.717, 1.165) is 33.7 Å². The summed E-state index contributed by atoms with van der Waals surface area (Å²) in [5.41, 5.74) is 3.08. The third-order valence-corrected chi connectivity index (χ3v) is 6.51. The molecule has 2 amide bonds. The van der Waals surface area contributed by atoms with Gasteiger partial charge in [0.1, 0.15) is 12.6 Å². The van der Waals surface area contributed by atoms with Crippen LogP contribution in [-0.2, 0) is 26.2 Å². The minimum Gasteiger partial charge on any atom is -0.354 e. The Morgan fingerprint density at radius 3 is 2.16 bits per heavy atom. The molecule has 0 aliphatic carbocycles. The number of aryl methyl sites for hydroxylation is 2. The van der Waals surface area contributed by atoms with Crippen molar-refractivity contribution in [3.63, 3.8) is 0 Å². The first-order chi connectivity index (χ1) is 15.1. The molecule has 1 atom stereocenters. The maximum Gasteiger partial charge on any atom is 0.244 e. The van der Waals surface area contributed by atoms with Crippen LogP contribution in [0.4, 0.5) is 5.69 Å². The van der Waals surface area contributed by atoms with Gasteiger partial charge >= 0.3 is 0 Å². The molecule has 0 saturated carbocycles. The average molecular weight is 460 g/mol. The van der Waals surface area contributed by atoms with Gasteiger partial charge in [0.15, 0.2) is 0 Å². The molecule has 1 N–H and O–H groups in total. The van der Waals surface area contributed by atoms with Crippen molar-refractivity contribution in [1.82, 2.24) is 10.2 Å². The maximum absolute atomic E-state index is 13.5. The zero-order valence-corrected chi connectivity index (χ0v) is 20.3. The summed E-state index contributed by atoms with van der Waals surface area (Å²) < 4.78 is 26.3. The van der Waals surface area contributed by atoms with Crippen molar-refractivity contribution in [2.45, 2.75) is 46.7 Å². The second kappa shape index (κ2) is 11.1. The van der Waals surface area contributed by atoms with E-state index in [-0.39, 0.29) is 19.0 Å². The van der Waals surface area contributed by atoms with Crippen molar-refractivity contribution >= 4 is 27.5 Å². The molecule has 0 radical (unpaired) electrons. The number of nitrogens with one attached hydrogen (secondary N) is 1. The number of hydrogen-bond acceptors (Lipinski definition) is 4. The Balaban J connectivity index is 2.40. The molecule has 2 aromatic carbocycles. The molecule has 32 heavy (non-hydrogen) atoms. The summed E-state index contributed by atoms with van der Waals surface area (Å²) in [4.78, 5) is 27.6. The van der Waals surface area contributed by atoms with Crippen LogP contribution in [0.2, 0.25) is 0 Å². The number of rotatable bonds is 10. The molecule has 0 aliphatic heterocycles. The number of carbonyl (C=O) groups is 2. The second-order valence-electron chi connectivity index (χ2n) is 7.97. The average Bonchev–Trinajstić information content (AvgIpc) is 2.74. The normalized spacial score (nSPS) is 12.2. The monoisotopic (exact) mass is 459 g/mol. The number of benzene rings is 2. The van der Waals surface area contributed by atoms with Gasteiger partial charge in [-0.15, -0.1) is 0 Å². The summed E-state index contributed by atoms with van der Waals surface area (Å²) >= 11 is 0. The molecule has 8 heteroatoms. The number of anilines is 1. The van der Waals surface area contributed by atoms with E-state index < -0.39 is 22.0 Å². The van der Waals surface area contributed by atoms with Gasteiger partial charge in [-0.2, -0.15) is 0 Å². The standard InChI is InChI=1S/C24H33N3O4S/c1-6-15-25-24(29)20(4)26(16-21-13-9-7-11-18(21)2)23(28)17-27(32(5,30)31)22-14-10-8-12-19(22)3/h7-14,20H,6,15-17H2,1-5H3,(H,25,29)/t20-/m0/s1. The Labute approximate surface area is 191 Å². The highest BCUT2D eigenvalue weighted by molar-refractivity contribution is 7.92. The van der Waals surface area contributed by atoms with Crippen LogP contribution >= 0.6 is 0 Å². The fraction of sp³-hybridized carbons (Fsp3) is 0.417. The van der Waals surface area contributed by atoms with E-state index in [4.69, 9.17) is 0 Å². The number of carbonyl (C=O) groups excluding carboxylic acids is 2. The number of nitrogens with zero attached hydrogens (tertiary/aromatic N) is 2. The quantitative estimate of drug-likeness (QED) is 0.592. The maximum atomic E-state index is 13.5. The predicted molar refractivity (Wildman–Crippen MR) is 128 cm³/mol. The number of amides is 2. The van der Waals surface area contributed by atoms with E-state index in [1.165, 1.54) is 4.90 Å². The summed E-state index contributed by atoms with van der Waals surface area (Å²) in [6.07, 6.45) is 1.86. The highest BCUT2D eigenvalue weighted by Gasteiger charge is 2.30. The highest BCUT2D eigenvalue weighted by atomic mass is 32.2. The van der Waals surface area contributed by atoms with E-state index >= 15 is 0 Å². The molecule has 0 bridgehead atoms. The lowest BCUT2D eigenvalue weighted by Crippen LogP contribution is -2.51. The molecular formula is C24H33N3O4S. The van der Waals surface area contributed by atoms with Crippen molar-refractivity contribution in [3.05, 3.63) is 65.2 Å². The summed E-state index contributed by atoms with van der Waals surface area (Å²) in [7, 11) is -3.72. The van der Waals surface area contributed by atoms with Crippen molar-refractivity contribution in [3.8, 4) is 0 Å². The highest BCUT2D eigenvalue weighted by Crippen LogP contribution is 2.23. The van der Waals surface area contributed by atoms with Gasteiger partial charge in [0.25, 0.3) is 0 Å². The first-order valence-electron chi connectivity index (χ1n) is 10.7. The number of hydrogen-bond donors (Lipinski definition) is 1. The predicted octanol–water partition coefficient (Wildman–Crippen LogP) is 3.01. The van der Waals surface area contributed by atoms with E-state index in [1.54, 1.807) is 32.0 Å². The lowest BCUT2D eigenvalue weighted by atomic mass is 10.1. The lowest BCUT2D eigenvalue weighted by molar-refractivity contribution is -0.139. The Bertz CT molecular complexity index is 1050. The van der Waals surface area contributed by atoms with Gasteiger partial charge in [0.05, 0.1) is 11.9 Å². The third-order valence-electron chi connectivity index (χ3n) is 5.38. The second-order valence-corrected chi connectivity index (χ2v) is 9.88. The summed E-state index contributed by atoms with van der Waals surface area (Å²) in [6.45, 7) is 7.68. The van der Waals surface area contributed by atoms with Gasteiger partial charge in [0.2, 0.25) is 21.8 Å². The van der Waals surface area contributed by atoms with Crippen LogP contribution in [0.15, 0.2) is 48.5 Å².